The summed E-state index contributed by atoms with van der Waals surface area (Å²) in [5, 5.41) is 13.3. The lowest BCUT2D eigenvalue weighted by Crippen LogP contribution is -2.27. The summed E-state index contributed by atoms with van der Waals surface area (Å²) in [6, 6.07) is 8.94. The molecular weight excluding hydrogens is 248 g/mol. The van der Waals surface area contributed by atoms with E-state index in [1.807, 2.05) is 0 Å². The molecule has 110 valence electrons. The van der Waals surface area contributed by atoms with Crippen LogP contribution in [-0.4, -0.2) is 30.8 Å². The maximum Gasteiger partial charge on any atom is 0.0580 e. The second-order valence-corrected chi connectivity index (χ2v) is 6.25. The SMILES string of the molecule is OC1CCCC1CNCc1ccc(N2CCCC2)cc1. The number of rotatable bonds is 5. The van der Waals surface area contributed by atoms with Crippen LogP contribution in [0.15, 0.2) is 24.3 Å². The molecule has 0 bridgehead atoms. The van der Waals surface area contributed by atoms with E-state index in [2.05, 4.69) is 34.5 Å². The number of hydrogen-bond acceptors (Lipinski definition) is 3. The van der Waals surface area contributed by atoms with Crippen LogP contribution in [-0.2, 0) is 6.54 Å². The Morgan fingerprint density at radius 3 is 2.45 bits per heavy atom. The summed E-state index contributed by atoms with van der Waals surface area (Å²) in [7, 11) is 0. The molecule has 3 rings (SSSR count). The molecule has 1 saturated carbocycles. The topological polar surface area (TPSA) is 35.5 Å². The number of nitrogens with zero attached hydrogens (tertiary/aromatic N) is 1. The molecule has 2 N–H and O–H groups in total. The van der Waals surface area contributed by atoms with Crippen LogP contribution in [0.3, 0.4) is 0 Å². The van der Waals surface area contributed by atoms with E-state index in [9.17, 15) is 5.11 Å². The summed E-state index contributed by atoms with van der Waals surface area (Å²) >= 11 is 0. The maximum absolute atomic E-state index is 9.80. The van der Waals surface area contributed by atoms with Gasteiger partial charge in [-0.15, -0.1) is 0 Å². The fraction of sp³-hybridized carbons (Fsp3) is 0.647. The molecule has 3 heteroatoms. The van der Waals surface area contributed by atoms with Crippen LogP contribution in [0.4, 0.5) is 5.69 Å². The standard InChI is InChI=1S/C17H26N2O/c20-17-5-3-4-15(17)13-18-12-14-6-8-16(9-7-14)19-10-1-2-11-19/h6-9,15,17-18,20H,1-5,10-13H2. The van der Waals surface area contributed by atoms with E-state index in [0.29, 0.717) is 5.92 Å². The predicted molar refractivity (Wildman–Crippen MR) is 82.9 cm³/mol. The van der Waals surface area contributed by atoms with Gasteiger partial charge in [0.05, 0.1) is 6.10 Å². The Balaban J connectivity index is 1.45. The lowest BCUT2D eigenvalue weighted by atomic mass is 10.1. The van der Waals surface area contributed by atoms with E-state index < -0.39 is 0 Å². The van der Waals surface area contributed by atoms with Crippen LogP contribution < -0.4 is 10.2 Å². The van der Waals surface area contributed by atoms with Crippen LogP contribution in [0.5, 0.6) is 0 Å². The highest BCUT2D eigenvalue weighted by Crippen LogP contribution is 2.25. The molecule has 1 aliphatic heterocycles. The molecule has 0 amide bonds. The van der Waals surface area contributed by atoms with Crippen molar-refractivity contribution in [3.8, 4) is 0 Å². The van der Waals surface area contributed by atoms with Gasteiger partial charge in [0.2, 0.25) is 0 Å². The number of nitrogens with one attached hydrogen (secondary N) is 1. The largest absolute Gasteiger partial charge is 0.393 e. The van der Waals surface area contributed by atoms with Gasteiger partial charge in [0.25, 0.3) is 0 Å². The van der Waals surface area contributed by atoms with Gasteiger partial charge in [0, 0.05) is 31.9 Å². The van der Waals surface area contributed by atoms with E-state index in [1.165, 1.54) is 50.0 Å². The molecule has 1 heterocycles. The molecule has 2 unspecified atom stereocenters. The van der Waals surface area contributed by atoms with Crippen molar-refractivity contribution in [3.05, 3.63) is 29.8 Å². The summed E-state index contributed by atoms with van der Waals surface area (Å²) in [5.41, 5.74) is 2.69. The molecule has 0 aromatic heterocycles. The van der Waals surface area contributed by atoms with Gasteiger partial charge in [-0.25, -0.2) is 0 Å². The number of aliphatic hydroxyl groups excluding tert-OH is 1. The van der Waals surface area contributed by atoms with E-state index in [4.69, 9.17) is 0 Å². The molecule has 2 aliphatic rings. The maximum atomic E-state index is 9.80. The minimum atomic E-state index is -0.0833. The number of anilines is 1. The summed E-state index contributed by atoms with van der Waals surface area (Å²) in [6.07, 6.45) is 5.90. The summed E-state index contributed by atoms with van der Waals surface area (Å²) in [6.45, 7) is 4.26. The first-order valence-electron chi connectivity index (χ1n) is 8.05. The third kappa shape index (κ3) is 3.33. The van der Waals surface area contributed by atoms with Crippen molar-refractivity contribution in [3.63, 3.8) is 0 Å². The molecule has 2 fully saturated rings. The number of hydrogen-bond donors (Lipinski definition) is 2. The average molecular weight is 274 g/mol. The first kappa shape index (κ1) is 13.9. The molecule has 0 spiro atoms. The van der Waals surface area contributed by atoms with Crippen molar-refractivity contribution >= 4 is 5.69 Å². The van der Waals surface area contributed by atoms with Crippen molar-refractivity contribution in [1.82, 2.24) is 5.32 Å². The second-order valence-electron chi connectivity index (χ2n) is 6.25. The highest BCUT2D eigenvalue weighted by Gasteiger charge is 2.24. The Kier molecular flexibility index (Phi) is 4.58. The molecule has 20 heavy (non-hydrogen) atoms. The van der Waals surface area contributed by atoms with Crippen LogP contribution in [0.1, 0.15) is 37.7 Å². The fourth-order valence-corrected chi connectivity index (χ4v) is 3.46. The second kappa shape index (κ2) is 6.59. The highest BCUT2D eigenvalue weighted by atomic mass is 16.3. The first-order valence-corrected chi connectivity index (χ1v) is 8.05. The van der Waals surface area contributed by atoms with Crippen molar-refractivity contribution < 1.29 is 5.11 Å². The third-order valence-corrected chi connectivity index (χ3v) is 4.76. The minimum Gasteiger partial charge on any atom is -0.393 e. The smallest absolute Gasteiger partial charge is 0.0580 e. The first-order chi connectivity index (χ1) is 9.83. The zero-order valence-electron chi connectivity index (χ0n) is 12.2. The third-order valence-electron chi connectivity index (χ3n) is 4.76. The minimum absolute atomic E-state index is 0.0833. The Morgan fingerprint density at radius 2 is 1.80 bits per heavy atom. The average Bonchev–Trinajstić information content (AvgIpc) is 3.12. The van der Waals surface area contributed by atoms with E-state index in [0.717, 1.165) is 19.5 Å². The molecule has 2 atom stereocenters. The van der Waals surface area contributed by atoms with Gasteiger partial charge in [-0.05, 0) is 49.3 Å². The number of aliphatic hydroxyl groups is 1. The molecule has 0 radical (unpaired) electrons. The van der Waals surface area contributed by atoms with Gasteiger partial charge in [0.15, 0.2) is 0 Å². The van der Waals surface area contributed by atoms with E-state index in [1.54, 1.807) is 0 Å². The zero-order valence-corrected chi connectivity index (χ0v) is 12.2. The Labute approximate surface area is 122 Å². The molecular formula is C17H26N2O. The van der Waals surface area contributed by atoms with Crippen LogP contribution in [0, 0.1) is 5.92 Å². The van der Waals surface area contributed by atoms with Crippen molar-refractivity contribution in [2.45, 2.75) is 44.8 Å². The summed E-state index contributed by atoms with van der Waals surface area (Å²) in [5.74, 6) is 0.457. The van der Waals surface area contributed by atoms with Crippen LogP contribution in [0.2, 0.25) is 0 Å². The van der Waals surface area contributed by atoms with E-state index in [-0.39, 0.29) is 6.10 Å². The molecule has 1 saturated heterocycles. The van der Waals surface area contributed by atoms with Crippen LogP contribution in [0.25, 0.3) is 0 Å². The van der Waals surface area contributed by atoms with Crippen LogP contribution >= 0.6 is 0 Å². The van der Waals surface area contributed by atoms with Crippen molar-refractivity contribution in [2.75, 3.05) is 24.5 Å². The Bertz CT molecular complexity index is 412. The van der Waals surface area contributed by atoms with Gasteiger partial charge in [-0.1, -0.05) is 18.6 Å². The predicted octanol–water partition coefficient (Wildman–Crippen LogP) is 2.54. The lowest BCUT2D eigenvalue weighted by molar-refractivity contribution is 0.131. The van der Waals surface area contributed by atoms with Gasteiger partial charge in [0.1, 0.15) is 0 Å². The van der Waals surface area contributed by atoms with Gasteiger partial charge < -0.3 is 15.3 Å². The number of benzene rings is 1. The highest BCUT2D eigenvalue weighted by molar-refractivity contribution is 5.48. The molecule has 3 nitrogen and oxygen atoms in total. The van der Waals surface area contributed by atoms with Gasteiger partial charge in [-0.3, -0.25) is 0 Å². The molecule has 1 aromatic carbocycles. The quantitative estimate of drug-likeness (QED) is 0.866. The Hall–Kier alpha value is -1.06. The molecule has 1 aromatic rings. The monoisotopic (exact) mass is 274 g/mol. The lowest BCUT2D eigenvalue weighted by Gasteiger charge is -2.18. The van der Waals surface area contributed by atoms with E-state index >= 15 is 0 Å². The Morgan fingerprint density at radius 1 is 1.05 bits per heavy atom. The summed E-state index contributed by atoms with van der Waals surface area (Å²) in [4.78, 5) is 2.46. The van der Waals surface area contributed by atoms with Gasteiger partial charge in [-0.2, -0.15) is 0 Å². The zero-order chi connectivity index (χ0) is 13.8. The fourth-order valence-electron chi connectivity index (χ4n) is 3.46. The normalized spacial score (nSPS) is 26.4. The molecule has 1 aliphatic carbocycles. The van der Waals surface area contributed by atoms with Crippen molar-refractivity contribution in [1.29, 1.82) is 0 Å². The summed E-state index contributed by atoms with van der Waals surface area (Å²) < 4.78 is 0. The van der Waals surface area contributed by atoms with Crippen molar-refractivity contribution in [2.24, 2.45) is 5.92 Å². The van der Waals surface area contributed by atoms with Gasteiger partial charge >= 0.3 is 0 Å².